The van der Waals surface area contributed by atoms with Gasteiger partial charge in [-0.3, -0.25) is 4.79 Å². The van der Waals surface area contributed by atoms with E-state index < -0.39 is 0 Å². The Balaban J connectivity index is 1.85. The highest BCUT2D eigenvalue weighted by Crippen LogP contribution is 2.59. The minimum atomic E-state index is -0.126. The van der Waals surface area contributed by atoms with Gasteiger partial charge in [0, 0.05) is 5.39 Å². The molecule has 1 saturated carbocycles. The van der Waals surface area contributed by atoms with Crippen LogP contribution in [0.3, 0.4) is 0 Å². The van der Waals surface area contributed by atoms with Gasteiger partial charge in [-0.1, -0.05) is 62.4 Å². The van der Waals surface area contributed by atoms with E-state index in [-0.39, 0.29) is 23.2 Å². The van der Waals surface area contributed by atoms with Crippen LogP contribution in [0.15, 0.2) is 54.6 Å². The first-order chi connectivity index (χ1) is 10.1. The van der Waals surface area contributed by atoms with E-state index in [0.29, 0.717) is 5.75 Å². The number of esters is 1. The zero-order valence-electron chi connectivity index (χ0n) is 12.7. The molecule has 0 bridgehead atoms. The second-order valence-corrected chi connectivity index (χ2v) is 6.25. The summed E-state index contributed by atoms with van der Waals surface area (Å²) in [4.78, 5) is 12.5. The molecule has 0 aromatic heterocycles. The molecule has 0 spiro atoms. The van der Waals surface area contributed by atoms with E-state index in [1.165, 1.54) is 0 Å². The summed E-state index contributed by atoms with van der Waals surface area (Å²) < 4.78 is 5.69. The van der Waals surface area contributed by atoms with E-state index in [0.717, 1.165) is 10.8 Å². The Labute approximate surface area is 125 Å². The van der Waals surface area contributed by atoms with Crippen molar-refractivity contribution in [3.8, 4) is 5.75 Å². The minimum absolute atomic E-state index is 0.00578. The predicted octanol–water partition coefficient (Wildman–Crippen LogP) is 4.59. The third-order valence-corrected chi connectivity index (χ3v) is 4.52. The molecule has 2 aromatic carbocycles. The molecule has 1 fully saturated rings. The van der Waals surface area contributed by atoms with Crippen LogP contribution in [0.4, 0.5) is 0 Å². The molecule has 0 N–H and O–H groups in total. The molecular weight excluding hydrogens is 260 g/mol. The van der Waals surface area contributed by atoms with Crippen LogP contribution in [-0.2, 0) is 4.79 Å². The highest BCUT2D eigenvalue weighted by molar-refractivity contribution is 5.91. The lowest BCUT2D eigenvalue weighted by atomic mass is 10.1. The lowest BCUT2D eigenvalue weighted by Crippen LogP contribution is -2.14. The number of rotatable bonds is 3. The maximum atomic E-state index is 12.5. The maximum absolute atomic E-state index is 12.5. The normalized spacial score (nSPS) is 23.4. The molecule has 0 saturated heterocycles. The molecule has 2 heteroatoms. The average molecular weight is 280 g/mol. The fourth-order valence-electron chi connectivity index (χ4n) is 3.15. The van der Waals surface area contributed by atoms with Gasteiger partial charge in [-0.15, -0.1) is 0 Å². The lowest BCUT2D eigenvalue weighted by molar-refractivity contribution is -0.136. The number of carbonyl (C=O) groups is 1. The van der Waals surface area contributed by atoms with Crippen LogP contribution in [0, 0.1) is 17.3 Å². The molecular formula is C19H20O2. The summed E-state index contributed by atoms with van der Waals surface area (Å²) in [5.74, 6) is 0.761. The van der Waals surface area contributed by atoms with Crippen molar-refractivity contribution >= 4 is 16.7 Å². The Kier molecular flexibility index (Phi) is 3.32. The number of ether oxygens (including phenoxy) is 1. The molecule has 2 atom stereocenters. The molecule has 0 radical (unpaired) electrons. The van der Waals surface area contributed by atoms with Crippen LogP contribution in [0.1, 0.15) is 20.8 Å². The number of hydrogen-bond acceptors (Lipinski definition) is 2. The van der Waals surface area contributed by atoms with Crippen LogP contribution in [0.5, 0.6) is 5.75 Å². The topological polar surface area (TPSA) is 26.3 Å². The van der Waals surface area contributed by atoms with Crippen molar-refractivity contribution in [3.05, 3.63) is 54.6 Å². The first-order valence-electron chi connectivity index (χ1n) is 7.38. The first-order valence-corrected chi connectivity index (χ1v) is 7.38. The summed E-state index contributed by atoms with van der Waals surface area (Å²) in [6.07, 6.45) is 4.12. The predicted molar refractivity (Wildman–Crippen MR) is 85.2 cm³/mol. The van der Waals surface area contributed by atoms with E-state index in [1.807, 2.05) is 55.5 Å². The molecule has 2 nitrogen and oxygen atoms in total. The second-order valence-electron chi connectivity index (χ2n) is 6.25. The molecule has 2 unspecified atom stereocenters. The number of benzene rings is 2. The van der Waals surface area contributed by atoms with Gasteiger partial charge in [0.05, 0.1) is 5.92 Å². The van der Waals surface area contributed by atoms with Gasteiger partial charge in [0.25, 0.3) is 0 Å². The van der Waals surface area contributed by atoms with Gasteiger partial charge < -0.3 is 4.74 Å². The molecule has 1 aliphatic carbocycles. The molecule has 0 heterocycles. The smallest absolute Gasteiger partial charge is 0.315 e. The first kappa shape index (κ1) is 13.9. The van der Waals surface area contributed by atoms with Crippen molar-refractivity contribution in [2.75, 3.05) is 0 Å². The summed E-state index contributed by atoms with van der Waals surface area (Å²) in [5, 5.41) is 2.07. The van der Waals surface area contributed by atoms with Crippen LogP contribution >= 0.6 is 0 Å². The molecule has 0 amide bonds. The SMILES string of the molecule is CC=CC1C(C(=O)Oc2cccc3ccccc23)C1(C)C. The van der Waals surface area contributed by atoms with E-state index in [1.54, 1.807) is 0 Å². The molecule has 1 aliphatic rings. The largest absolute Gasteiger partial charge is 0.426 e. The number of carbonyl (C=O) groups excluding carboxylic acids is 1. The molecule has 21 heavy (non-hydrogen) atoms. The van der Waals surface area contributed by atoms with Crippen molar-refractivity contribution < 1.29 is 9.53 Å². The monoisotopic (exact) mass is 280 g/mol. The maximum Gasteiger partial charge on any atom is 0.315 e. The highest BCUT2D eigenvalue weighted by Gasteiger charge is 2.61. The van der Waals surface area contributed by atoms with Gasteiger partial charge in [0.2, 0.25) is 0 Å². The Morgan fingerprint density at radius 1 is 1.14 bits per heavy atom. The summed E-state index contributed by atoms with van der Waals surface area (Å²) in [7, 11) is 0. The van der Waals surface area contributed by atoms with Gasteiger partial charge >= 0.3 is 5.97 Å². The van der Waals surface area contributed by atoms with Crippen LogP contribution < -0.4 is 4.74 Å². The van der Waals surface area contributed by atoms with E-state index in [2.05, 4.69) is 19.9 Å². The van der Waals surface area contributed by atoms with Crippen LogP contribution in [-0.4, -0.2) is 5.97 Å². The van der Waals surface area contributed by atoms with E-state index >= 15 is 0 Å². The van der Waals surface area contributed by atoms with Gasteiger partial charge in [-0.05, 0) is 29.7 Å². The third-order valence-electron chi connectivity index (χ3n) is 4.52. The quantitative estimate of drug-likeness (QED) is 0.467. The highest BCUT2D eigenvalue weighted by atomic mass is 16.5. The third kappa shape index (κ3) is 2.35. The Hall–Kier alpha value is -2.09. The fraction of sp³-hybridized carbons (Fsp3) is 0.316. The Morgan fingerprint density at radius 2 is 1.86 bits per heavy atom. The van der Waals surface area contributed by atoms with Crippen LogP contribution in [0.25, 0.3) is 10.8 Å². The minimum Gasteiger partial charge on any atom is -0.426 e. The van der Waals surface area contributed by atoms with Crippen molar-refractivity contribution in [3.63, 3.8) is 0 Å². The van der Waals surface area contributed by atoms with Crippen LogP contribution in [0.2, 0.25) is 0 Å². The second kappa shape index (κ2) is 5.03. The van der Waals surface area contributed by atoms with Gasteiger partial charge in [-0.25, -0.2) is 0 Å². The number of hydrogen-bond donors (Lipinski definition) is 0. The Bertz CT molecular complexity index is 707. The van der Waals surface area contributed by atoms with Crippen molar-refractivity contribution in [1.29, 1.82) is 0 Å². The van der Waals surface area contributed by atoms with E-state index in [4.69, 9.17) is 4.74 Å². The number of fused-ring (bicyclic) bond motifs is 1. The molecule has 108 valence electrons. The molecule has 0 aliphatic heterocycles. The summed E-state index contributed by atoms with van der Waals surface area (Å²) in [6.45, 7) is 6.22. The van der Waals surface area contributed by atoms with Crippen molar-refractivity contribution in [1.82, 2.24) is 0 Å². The molecule has 2 aromatic rings. The van der Waals surface area contributed by atoms with Gasteiger partial charge in [0.1, 0.15) is 5.75 Å². The fourth-order valence-corrected chi connectivity index (χ4v) is 3.15. The summed E-state index contributed by atoms with van der Waals surface area (Å²) in [5.41, 5.74) is -0.00578. The van der Waals surface area contributed by atoms with Gasteiger partial charge in [0.15, 0.2) is 0 Å². The standard InChI is InChI=1S/C19H20O2/c1-4-8-15-17(19(15,2)3)18(20)21-16-12-7-10-13-9-5-6-11-14(13)16/h4-12,15,17H,1-3H3. The summed E-state index contributed by atoms with van der Waals surface area (Å²) >= 11 is 0. The van der Waals surface area contributed by atoms with Crippen molar-refractivity contribution in [2.45, 2.75) is 20.8 Å². The zero-order chi connectivity index (χ0) is 15.0. The Morgan fingerprint density at radius 3 is 2.62 bits per heavy atom. The lowest BCUT2D eigenvalue weighted by Gasteiger charge is -2.08. The molecule has 3 rings (SSSR count). The van der Waals surface area contributed by atoms with E-state index in [9.17, 15) is 4.79 Å². The zero-order valence-corrected chi connectivity index (χ0v) is 12.7. The van der Waals surface area contributed by atoms with Crippen molar-refractivity contribution in [2.24, 2.45) is 17.3 Å². The average Bonchev–Trinajstić information content (AvgIpc) is 3.01. The summed E-state index contributed by atoms with van der Waals surface area (Å²) in [6, 6.07) is 13.8. The number of allylic oxidation sites excluding steroid dienone is 2. The van der Waals surface area contributed by atoms with Gasteiger partial charge in [-0.2, -0.15) is 0 Å².